The number of rotatable bonds is 8. The van der Waals surface area contributed by atoms with Crippen molar-refractivity contribution in [3.63, 3.8) is 0 Å². The minimum absolute atomic E-state index is 0.0796. The maximum absolute atomic E-state index is 11.9. The third kappa shape index (κ3) is 6.22. The van der Waals surface area contributed by atoms with E-state index in [0.29, 0.717) is 11.3 Å². The highest BCUT2D eigenvalue weighted by Gasteiger charge is 2.03. The molecule has 0 aliphatic heterocycles. The second-order valence-corrected chi connectivity index (χ2v) is 6.05. The molecule has 0 unspecified atom stereocenters. The lowest BCUT2D eigenvalue weighted by Gasteiger charge is -2.07. The van der Waals surface area contributed by atoms with E-state index >= 15 is 0 Å². The summed E-state index contributed by atoms with van der Waals surface area (Å²) in [5.41, 5.74) is 2.90. The average molecular weight is 385 g/mol. The predicted molar refractivity (Wildman–Crippen MR) is 111 cm³/mol. The molecule has 6 nitrogen and oxygen atoms in total. The van der Waals surface area contributed by atoms with Crippen molar-refractivity contribution in [3.05, 3.63) is 95.6 Å². The Kier molecular flexibility index (Phi) is 6.97. The molecule has 3 aromatic rings. The summed E-state index contributed by atoms with van der Waals surface area (Å²) in [6, 6.07) is 25.7. The molecule has 0 bridgehead atoms. The Morgan fingerprint density at radius 2 is 1.72 bits per heavy atom. The van der Waals surface area contributed by atoms with E-state index in [4.69, 9.17) is 14.8 Å². The standard InChI is InChI=1S/C23H19N3O3/c24-14-19-6-4-5-7-20(19)16-29-25-15-18-10-12-22(13-11-18)28-17-23(27)26-21-8-2-1-3-9-21/h1-13,15H,16-17H2,(H,26,27)/b25-15-. The number of ether oxygens (including phenoxy) is 1. The minimum atomic E-state index is -0.229. The summed E-state index contributed by atoms with van der Waals surface area (Å²) in [7, 11) is 0. The average Bonchev–Trinajstić information content (AvgIpc) is 2.77. The van der Waals surface area contributed by atoms with Gasteiger partial charge in [0.25, 0.3) is 5.91 Å². The molecule has 0 aliphatic carbocycles. The smallest absolute Gasteiger partial charge is 0.262 e. The maximum atomic E-state index is 11.9. The molecule has 0 aromatic heterocycles. The lowest BCUT2D eigenvalue weighted by molar-refractivity contribution is -0.118. The summed E-state index contributed by atoms with van der Waals surface area (Å²) in [5.74, 6) is 0.349. The lowest BCUT2D eigenvalue weighted by Crippen LogP contribution is -2.20. The van der Waals surface area contributed by atoms with Crippen LogP contribution >= 0.6 is 0 Å². The SMILES string of the molecule is N#Cc1ccccc1CO/N=C\c1ccc(OCC(=O)Nc2ccccc2)cc1. The first-order valence-corrected chi connectivity index (χ1v) is 8.96. The lowest BCUT2D eigenvalue weighted by atomic mass is 10.1. The molecule has 0 spiro atoms. The van der Waals surface area contributed by atoms with Crippen LogP contribution in [0, 0.1) is 11.3 Å². The Hall–Kier alpha value is -4.11. The molecule has 1 N–H and O–H groups in total. The number of nitrogens with one attached hydrogen (secondary N) is 1. The highest BCUT2D eigenvalue weighted by molar-refractivity contribution is 5.91. The highest BCUT2D eigenvalue weighted by atomic mass is 16.6. The van der Waals surface area contributed by atoms with Gasteiger partial charge in [-0.05, 0) is 48.0 Å². The Labute approximate surface area is 169 Å². The van der Waals surface area contributed by atoms with Crippen molar-refractivity contribution in [2.24, 2.45) is 5.16 Å². The molecule has 0 heterocycles. The summed E-state index contributed by atoms with van der Waals surface area (Å²) in [6.07, 6.45) is 1.57. The topological polar surface area (TPSA) is 83.7 Å². The molecule has 0 saturated carbocycles. The van der Waals surface area contributed by atoms with Crippen molar-refractivity contribution in [2.45, 2.75) is 6.61 Å². The number of benzene rings is 3. The fourth-order valence-corrected chi connectivity index (χ4v) is 2.48. The zero-order valence-electron chi connectivity index (χ0n) is 15.6. The maximum Gasteiger partial charge on any atom is 0.262 e. The first-order valence-electron chi connectivity index (χ1n) is 8.96. The quantitative estimate of drug-likeness (QED) is 0.467. The Balaban J connectivity index is 1.44. The Morgan fingerprint density at radius 3 is 2.48 bits per heavy atom. The molecule has 0 atom stereocenters. The fraction of sp³-hybridized carbons (Fsp3) is 0.0870. The number of nitriles is 1. The Bertz CT molecular complexity index is 1010. The van der Waals surface area contributed by atoms with Crippen LogP contribution in [0.5, 0.6) is 5.75 Å². The molecule has 3 aromatic carbocycles. The zero-order chi connectivity index (χ0) is 20.3. The van der Waals surface area contributed by atoms with Gasteiger partial charge in [-0.3, -0.25) is 4.79 Å². The normalized spacial score (nSPS) is 10.3. The number of hydrogen-bond donors (Lipinski definition) is 1. The Morgan fingerprint density at radius 1 is 1.00 bits per heavy atom. The molecule has 0 aliphatic rings. The van der Waals surface area contributed by atoms with E-state index in [9.17, 15) is 4.79 Å². The molecule has 6 heteroatoms. The van der Waals surface area contributed by atoms with Crippen LogP contribution in [0.25, 0.3) is 0 Å². The van der Waals surface area contributed by atoms with E-state index in [1.165, 1.54) is 0 Å². The van der Waals surface area contributed by atoms with E-state index in [0.717, 1.165) is 16.8 Å². The van der Waals surface area contributed by atoms with Gasteiger partial charge in [-0.25, -0.2) is 0 Å². The van der Waals surface area contributed by atoms with Crippen molar-refractivity contribution in [2.75, 3.05) is 11.9 Å². The third-order valence-corrected chi connectivity index (χ3v) is 3.94. The van der Waals surface area contributed by atoms with Gasteiger partial charge in [0.1, 0.15) is 12.4 Å². The summed E-state index contributed by atoms with van der Waals surface area (Å²) in [6.45, 7) is 0.141. The van der Waals surface area contributed by atoms with Crippen molar-refractivity contribution >= 4 is 17.8 Å². The molecule has 0 fully saturated rings. The summed E-state index contributed by atoms with van der Waals surface area (Å²) < 4.78 is 5.49. The summed E-state index contributed by atoms with van der Waals surface area (Å²) in [5, 5.41) is 15.7. The van der Waals surface area contributed by atoms with Gasteiger partial charge in [0.2, 0.25) is 0 Å². The van der Waals surface area contributed by atoms with Gasteiger partial charge in [-0.15, -0.1) is 0 Å². The van der Waals surface area contributed by atoms with Crippen LogP contribution in [-0.4, -0.2) is 18.7 Å². The molecular weight excluding hydrogens is 366 g/mol. The number of hydrogen-bond acceptors (Lipinski definition) is 5. The van der Waals surface area contributed by atoms with Crippen molar-refractivity contribution in [1.82, 2.24) is 0 Å². The largest absolute Gasteiger partial charge is 0.484 e. The second-order valence-electron chi connectivity index (χ2n) is 6.05. The van der Waals surface area contributed by atoms with Crippen LogP contribution in [0.2, 0.25) is 0 Å². The van der Waals surface area contributed by atoms with Gasteiger partial charge < -0.3 is 14.9 Å². The number of carbonyl (C=O) groups is 1. The second kappa shape index (κ2) is 10.3. The van der Waals surface area contributed by atoms with Crippen molar-refractivity contribution in [3.8, 4) is 11.8 Å². The first-order chi connectivity index (χ1) is 14.2. The van der Waals surface area contributed by atoms with E-state index < -0.39 is 0 Å². The van der Waals surface area contributed by atoms with E-state index in [1.807, 2.05) is 42.5 Å². The van der Waals surface area contributed by atoms with Crippen LogP contribution in [0.1, 0.15) is 16.7 Å². The first kappa shape index (κ1) is 19.6. The third-order valence-electron chi connectivity index (χ3n) is 3.94. The van der Waals surface area contributed by atoms with Gasteiger partial charge in [-0.2, -0.15) is 5.26 Å². The molecule has 0 radical (unpaired) electrons. The molecule has 144 valence electrons. The van der Waals surface area contributed by atoms with Gasteiger partial charge in [0, 0.05) is 11.3 Å². The van der Waals surface area contributed by atoms with Crippen LogP contribution in [0.4, 0.5) is 5.69 Å². The number of carbonyl (C=O) groups excluding carboxylic acids is 1. The van der Waals surface area contributed by atoms with Crippen molar-refractivity contribution in [1.29, 1.82) is 5.26 Å². The summed E-state index contributed by atoms with van der Waals surface area (Å²) >= 11 is 0. The predicted octanol–water partition coefficient (Wildman–Crippen LogP) is 4.13. The fourth-order valence-electron chi connectivity index (χ4n) is 2.48. The van der Waals surface area contributed by atoms with E-state index in [2.05, 4.69) is 16.5 Å². The van der Waals surface area contributed by atoms with Gasteiger partial charge in [-0.1, -0.05) is 41.6 Å². The molecule has 0 saturated heterocycles. The number of anilines is 1. The van der Waals surface area contributed by atoms with Gasteiger partial charge in [0.05, 0.1) is 17.8 Å². The van der Waals surface area contributed by atoms with E-state index in [-0.39, 0.29) is 19.1 Å². The molecule has 29 heavy (non-hydrogen) atoms. The zero-order valence-corrected chi connectivity index (χ0v) is 15.6. The molecular formula is C23H19N3O3. The number of oxime groups is 1. The summed E-state index contributed by atoms with van der Waals surface area (Å²) in [4.78, 5) is 17.2. The number of para-hydroxylation sites is 1. The number of nitrogens with zero attached hydrogens (tertiary/aromatic N) is 2. The van der Waals surface area contributed by atoms with Gasteiger partial charge >= 0.3 is 0 Å². The van der Waals surface area contributed by atoms with Crippen LogP contribution in [0.15, 0.2) is 84.0 Å². The van der Waals surface area contributed by atoms with Crippen LogP contribution in [0.3, 0.4) is 0 Å². The molecule has 1 amide bonds. The van der Waals surface area contributed by atoms with Crippen molar-refractivity contribution < 1.29 is 14.4 Å². The van der Waals surface area contributed by atoms with Crippen LogP contribution in [-0.2, 0) is 16.2 Å². The monoisotopic (exact) mass is 385 g/mol. The van der Waals surface area contributed by atoms with E-state index in [1.54, 1.807) is 42.6 Å². The molecule has 3 rings (SSSR count). The highest BCUT2D eigenvalue weighted by Crippen LogP contribution is 2.12. The van der Waals surface area contributed by atoms with Gasteiger partial charge in [0.15, 0.2) is 6.61 Å². The minimum Gasteiger partial charge on any atom is -0.484 e. The van der Waals surface area contributed by atoms with Crippen LogP contribution < -0.4 is 10.1 Å². The number of amides is 1.